The van der Waals surface area contributed by atoms with E-state index in [9.17, 15) is 4.79 Å². The summed E-state index contributed by atoms with van der Waals surface area (Å²) in [6.07, 6.45) is 0. The van der Waals surface area contributed by atoms with Crippen LogP contribution in [-0.2, 0) is 4.79 Å². The molecule has 31 heavy (non-hydrogen) atoms. The lowest BCUT2D eigenvalue weighted by atomic mass is 10.2. The van der Waals surface area contributed by atoms with E-state index in [1.54, 1.807) is 7.11 Å². The first-order chi connectivity index (χ1) is 15.2. The van der Waals surface area contributed by atoms with Crippen LogP contribution < -0.4 is 19.9 Å². The van der Waals surface area contributed by atoms with Gasteiger partial charge in [-0.15, -0.1) is 10.2 Å². The standard InChI is InChI=1S/C23H25N5O2S/c1-30-20-9-7-18(8-10-20)24-22(29)17-31-23-12-11-21(25-26-23)28-15-13-27(14-16-28)19-5-3-2-4-6-19/h2-12H,13-17H2,1H3,(H,24,29). The zero-order valence-electron chi connectivity index (χ0n) is 17.4. The van der Waals surface area contributed by atoms with Crippen LogP contribution in [0.25, 0.3) is 0 Å². The molecule has 0 spiro atoms. The van der Waals surface area contributed by atoms with E-state index in [1.165, 1.54) is 17.4 Å². The lowest BCUT2D eigenvalue weighted by Crippen LogP contribution is -2.46. The minimum absolute atomic E-state index is 0.0851. The monoisotopic (exact) mass is 435 g/mol. The Kier molecular flexibility index (Phi) is 6.89. The lowest BCUT2D eigenvalue weighted by molar-refractivity contribution is -0.113. The van der Waals surface area contributed by atoms with Crippen molar-refractivity contribution in [3.8, 4) is 5.75 Å². The molecule has 0 radical (unpaired) electrons. The molecular formula is C23H25N5O2S. The summed E-state index contributed by atoms with van der Waals surface area (Å²) in [5.74, 6) is 1.82. The molecule has 0 saturated carbocycles. The van der Waals surface area contributed by atoms with Gasteiger partial charge in [-0.3, -0.25) is 4.79 Å². The van der Waals surface area contributed by atoms with Crippen LogP contribution in [0, 0.1) is 0 Å². The molecule has 2 heterocycles. The molecule has 3 aromatic rings. The van der Waals surface area contributed by atoms with E-state index in [0.29, 0.717) is 0 Å². The molecule has 1 aliphatic rings. The molecule has 1 fully saturated rings. The summed E-state index contributed by atoms with van der Waals surface area (Å²) in [7, 11) is 1.61. The van der Waals surface area contributed by atoms with Crippen molar-refractivity contribution >= 4 is 34.9 Å². The van der Waals surface area contributed by atoms with Gasteiger partial charge in [0.1, 0.15) is 10.8 Å². The topological polar surface area (TPSA) is 70.6 Å². The Bertz CT molecular complexity index is 975. The number of amides is 1. The molecule has 1 saturated heterocycles. The quantitative estimate of drug-likeness (QED) is 0.569. The van der Waals surface area contributed by atoms with Crippen LogP contribution in [0.3, 0.4) is 0 Å². The van der Waals surface area contributed by atoms with E-state index in [0.717, 1.165) is 48.5 Å². The molecule has 4 rings (SSSR count). The van der Waals surface area contributed by atoms with Crippen molar-refractivity contribution in [1.29, 1.82) is 0 Å². The number of para-hydroxylation sites is 1. The van der Waals surface area contributed by atoms with Crippen molar-refractivity contribution in [2.24, 2.45) is 0 Å². The van der Waals surface area contributed by atoms with Crippen molar-refractivity contribution in [1.82, 2.24) is 10.2 Å². The van der Waals surface area contributed by atoms with E-state index in [1.807, 2.05) is 42.5 Å². The Morgan fingerprint density at radius 2 is 1.65 bits per heavy atom. The number of carbonyl (C=O) groups excluding carboxylic acids is 1. The third kappa shape index (κ3) is 5.67. The Morgan fingerprint density at radius 1 is 0.935 bits per heavy atom. The fourth-order valence-electron chi connectivity index (χ4n) is 3.40. The first-order valence-electron chi connectivity index (χ1n) is 10.2. The number of thioether (sulfide) groups is 1. The Morgan fingerprint density at radius 3 is 2.29 bits per heavy atom. The van der Waals surface area contributed by atoms with Crippen LogP contribution in [0.2, 0.25) is 0 Å². The van der Waals surface area contributed by atoms with Gasteiger partial charge in [0.15, 0.2) is 5.82 Å². The molecule has 0 aliphatic carbocycles. The largest absolute Gasteiger partial charge is 0.497 e. The van der Waals surface area contributed by atoms with Crippen molar-refractivity contribution < 1.29 is 9.53 Å². The minimum atomic E-state index is -0.0851. The number of hydrogen-bond donors (Lipinski definition) is 1. The molecule has 160 valence electrons. The Hall–Kier alpha value is -3.26. The molecular weight excluding hydrogens is 410 g/mol. The predicted molar refractivity (Wildman–Crippen MR) is 125 cm³/mol. The summed E-state index contributed by atoms with van der Waals surface area (Å²) in [6.45, 7) is 3.71. The van der Waals surface area contributed by atoms with Gasteiger partial charge in [-0.25, -0.2) is 0 Å². The molecule has 0 bridgehead atoms. The number of anilines is 3. The number of nitrogens with zero attached hydrogens (tertiary/aromatic N) is 4. The summed E-state index contributed by atoms with van der Waals surface area (Å²) in [4.78, 5) is 16.8. The first-order valence-corrected chi connectivity index (χ1v) is 11.2. The summed E-state index contributed by atoms with van der Waals surface area (Å²) in [5, 5.41) is 12.3. The summed E-state index contributed by atoms with van der Waals surface area (Å²) >= 11 is 1.37. The highest BCUT2D eigenvalue weighted by Gasteiger charge is 2.18. The third-order valence-corrected chi connectivity index (χ3v) is 6.00. The zero-order valence-corrected chi connectivity index (χ0v) is 18.2. The van der Waals surface area contributed by atoms with Crippen molar-refractivity contribution in [2.75, 3.05) is 54.2 Å². The van der Waals surface area contributed by atoms with E-state index in [4.69, 9.17) is 4.74 Å². The highest BCUT2D eigenvalue weighted by Crippen LogP contribution is 2.21. The number of benzene rings is 2. The van der Waals surface area contributed by atoms with Crippen LogP contribution in [0.1, 0.15) is 0 Å². The highest BCUT2D eigenvalue weighted by molar-refractivity contribution is 7.99. The highest BCUT2D eigenvalue weighted by atomic mass is 32.2. The second kappa shape index (κ2) is 10.2. The fraction of sp³-hybridized carbons (Fsp3) is 0.261. The zero-order chi connectivity index (χ0) is 21.5. The van der Waals surface area contributed by atoms with Crippen LogP contribution in [0.4, 0.5) is 17.2 Å². The van der Waals surface area contributed by atoms with Crippen LogP contribution in [0.15, 0.2) is 71.8 Å². The maximum Gasteiger partial charge on any atom is 0.234 e. The lowest BCUT2D eigenvalue weighted by Gasteiger charge is -2.36. The number of nitrogens with one attached hydrogen (secondary N) is 1. The average Bonchev–Trinajstić information content (AvgIpc) is 2.84. The Labute approximate surface area is 186 Å². The normalized spacial score (nSPS) is 13.7. The van der Waals surface area contributed by atoms with Gasteiger partial charge in [-0.1, -0.05) is 30.0 Å². The van der Waals surface area contributed by atoms with Crippen molar-refractivity contribution in [3.63, 3.8) is 0 Å². The van der Waals surface area contributed by atoms with Crippen LogP contribution in [-0.4, -0.2) is 55.1 Å². The number of hydrogen-bond acceptors (Lipinski definition) is 7. The van der Waals surface area contributed by atoms with Crippen LogP contribution >= 0.6 is 11.8 Å². The summed E-state index contributed by atoms with van der Waals surface area (Å²) in [6, 6.07) is 21.6. The molecule has 1 N–H and O–H groups in total. The van der Waals surface area contributed by atoms with Gasteiger partial charge >= 0.3 is 0 Å². The van der Waals surface area contributed by atoms with Gasteiger partial charge in [0.25, 0.3) is 0 Å². The van der Waals surface area contributed by atoms with Crippen molar-refractivity contribution in [2.45, 2.75) is 5.03 Å². The number of ether oxygens (including phenoxy) is 1. The second-order valence-electron chi connectivity index (χ2n) is 7.10. The van der Waals surface area contributed by atoms with Gasteiger partial charge in [0.05, 0.1) is 12.9 Å². The summed E-state index contributed by atoms with van der Waals surface area (Å²) < 4.78 is 5.12. The minimum Gasteiger partial charge on any atom is -0.497 e. The SMILES string of the molecule is COc1ccc(NC(=O)CSc2ccc(N3CCN(c4ccccc4)CC3)nn2)cc1. The van der Waals surface area contributed by atoms with Gasteiger partial charge in [0, 0.05) is 37.6 Å². The molecule has 2 aromatic carbocycles. The van der Waals surface area contributed by atoms with Gasteiger partial charge < -0.3 is 19.9 Å². The fourth-order valence-corrected chi connectivity index (χ4v) is 4.02. The van der Waals surface area contributed by atoms with Crippen LogP contribution in [0.5, 0.6) is 5.75 Å². The molecule has 1 aliphatic heterocycles. The first kappa shape index (κ1) is 21.0. The molecule has 8 heteroatoms. The molecule has 1 amide bonds. The molecule has 7 nitrogen and oxygen atoms in total. The van der Waals surface area contributed by atoms with E-state index < -0.39 is 0 Å². The Balaban J connectivity index is 1.24. The predicted octanol–water partition coefficient (Wildman–Crippen LogP) is 3.54. The molecule has 0 atom stereocenters. The number of carbonyl (C=O) groups is 1. The van der Waals surface area contributed by atoms with Crippen molar-refractivity contribution in [3.05, 3.63) is 66.7 Å². The summed E-state index contributed by atoms with van der Waals surface area (Å²) in [5.41, 5.74) is 2.00. The molecule has 1 aromatic heterocycles. The number of methoxy groups -OCH3 is 1. The number of piperazine rings is 1. The van der Waals surface area contributed by atoms with Gasteiger partial charge in [-0.2, -0.15) is 0 Å². The third-order valence-electron chi connectivity index (χ3n) is 5.08. The average molecular weight is 436 g/mol. The maximum absolute atomic E-state index is 12.2. The maximum atomic E-state index is 12.2. The van der Waals surface area contributed by atoms with E-state index in [2.05, 4.69) is 49.6 Å². The van der Waals surface area contributed by atoms with E-state index >= 15 is 0 Å². The van der Waals surface area contributed by atoms with E-state index in [-0.39, 0.29) is 11.7 Å². The molecule has 0 unspecified atom stereocenters. The van der Waals surface area contributed by atoms with Gasteiger partial charge in [-0.05, 0) is 48.5 Å². The van der Waals surface area contributed by atoms with Gasteiger partial charge in [0.2, 0.25) is 5.91 Å². The number of aromatic nitrogens is 2. The second-order valence-corrected chi connectivity index (χ2v) is 8.10. The smallest absolute Gasteiger partial charge is 0.234 e. The number of rotatable bonds is 7.